The van der Waals surface area contributed by atoms with E-state index in [0.717, 1.165) is 51.2 Å². The number of hydrogen-bond donors (Lipinski definition) is 0. The molecule has 0 aliphatic carbocycles. The van der Waals surface area contributed by atoms with Crippen LogP contribution in [0.4, 0.5) is 19.0 Å². The van der Waals surface area contributed by atoms with E-state index in [0.29, 0.717) is 32.0 Å². The minimum atomic E-state index is -4.46. The number of likely N-dealkylation sites (tertiary alicyclic amines) is 1. The monoisotopic (exact) mass is 390 g/mol. The number of anilines is 1. The molecule has 0 aromatic carbocycles. The summed E-state index contributed by atoms with van der Waals surface area (Å²) >= 11 is 6.05. The molecule has 2 aliphatic heterocycles. The van der Waals surface area contributed by atoms with Crippen LogP contribution in [0.2, 0.25) is 5.02 Å². The molecule has 0 atom stereocenters. The summed E-state index contributed by atoms with van der Waals surface area (Å²) in [7, 11) is 0. The molecule has 0 spiro atoms. The van der Waals surface area contributed by atoms with E-state index in [1.807, 2.05) is 9.80 Å². The van der Waals surface area contributed by atoms with Gasteiger partial charge < -0.3 is 9.80 Å². The standard InChI is InChI=1S/C17H22ClF3N4O/c18-14-10-13(17(19,20)21)11-22-16(14)25-7-3-4-23(8-9-25)12-15(26)24-5-1-2-6-24/h10-11H,1-9,12H2. The third-order valence-electron chi connectivity index (χ3n) is 4.85. The van der Waals surface area contributed by atoms with Crippen molar-refractivity contribution in [3.05, 3.63) is 22.8 Å². The number of nitrogens with zero attached hydrogens (tertiary/aromatic N) is 4. The van der Waals surface area contributed by atoms with Gasteiger partial charge in [-0.05, 0) is 25.3 Å². The normalized spacial score (nSPS) is 19.7. The summed E-state index contributed by atoms with van der Waals surface area (Å²) in [6, 6.07) is 0.920. The molecule has 3 heterocycles. The first-order chi connectivity index (χ1) is 12.3. The van der Waals surface area contributed by atoms with Gasteiger partial charge in [0.15, 0.2) is 0 Å². The van der Waals surface area contributed by atoms with Crippen LogP contribution < -0.4 is 4.90 Å². The third kappa shape index (κ3) is 4.59. The van der Waals surface area contributed by atoms with E-state index >= 15 is 0 Å². The number of amides is 1. The first-order valence-corrected chi connectivity index (χ1v) is 9.20. The zero-order valence-corrected chi connectivity index (χ0v) is 15.2. The minimum absolute atomic E-state index is 0.00131. The van der Waals surface area contributed by atoms with Gasteiger partial charge in [-0.2, -0.15) is 13.2 Å². The number of halogens is 4. The van der Waals surface area contributed by atoms with Gasteiger partial charge in [-0.25, -0.2) is 4.98 Å². The van der Waals surface area contributed by atoms with Gasteiger partial charge in [-0.1, -0.05) is 11.6 Å². The Labute approximate surface area is 155 Å². The van der Waals surface area contributed by atoms with Gasteiger partial charge in [0.05, 0.1) is 17.1 Å². The van der Waals surface area contributed by atoms with Crippen LogP contribution in [0.25, 0.3) is 0 Å². The molecule has 2 fully saturated rings. The number of aromatic nitrogens is 1. The Morgan fingerprint density at radius 3 is 2.46 bits per heavy atom. The Bertz CT molecular complexity index is 649. The zero-order valence-electron chi connectivity index (χ0n) is 14.4. The molecule has 0 unspecified atom stereocenters. The summed E-state index contributed by atoms with van der Waals surface area (Å²) in [5.41, 5.74) is -0.848. The summed E-state index contributed by atoms with van der Waals surface area (Å²) in [4.78, 5) is 22.1. The summed E-state index contributed by atoms with van der Waals surface area (Å²) in [6.07, 6.45) is -0.705. The van der Waals surface area contributed by atoms with Crippen LogP contribution >= 0.6 is 11.6 Å². The molecule has 5 nitrogen and oxygen atoms in total. The number of carbonyl (C=O) groups excluding carboxylic acids is 1. The van der Waals surface area contributed by atoms with Gasteiger partial charge >= 0.3 is 6.18 Å². The van der Waals surface area contributed by atoms with Crippen LogP contribution in [0.1, 0.15) is 24.8 Å². The number of rotatable bonds is 3. The topological polar surface area (TPSA) is 39.7 Å². The summed E-state index contributed by atoms with van der Waals surface area (Å²) in [5, 5.41) is 0.00131. The first kappa shape index (κ1) is 19.2. The van der Waals surface area contributed by atoms with Crippen molar-refractivity contribution < 1.29 is 18.0 Å². The van der Waals surface area contributed by atoms with Crippen molar-refractivity contribution in [3.63, 3.8) is 0 Å². The molecule has 1 aromatic rings. The molecule has 2 aliphatic rings. The predicted molar refractivity (Wildman–Crippen MR) is 93.3 cm³/mol. The lowest BCUT2D eigenvalue weighted by atomic mass is 10.2. The van der Waals surface area contributed by atoms with Crippen LogP contribution in [-0.4, -0.2) is 66.5 Å². The van der Waals surface area contributed by atoms with E-state index in [4.69, 9.17) is 11.6 Å². The van der Waals surface area contributed by atoms with Crippen molar-refractivity contribution in [1.29, 1.82) is 0 Å². The Balaban J connectivity index is 1.60. The zero-order chi connectivity index (χ0) is 18.7. The van der Waals surface area contributed by atoms with Crippen LogP contribution in [0.5, 0.6) is 0 Å². The molecule has 1 aromatic heterocycles. The predicted octanol–water partition coefficient (Wildman–Crippen LogP) is 2.89. The number of pyridine rings is 1. The molecule has 1 amide bonds. The van der Waals surface area contributed by atoms with Crippen LogP contribution in [-0.2, 0) is 11.0 Å². The fraction of sp³-hybridized carbons (Fsp3) is 0.647. The maximum absolute atomic E-state index is 12.8. The molecule has 26 heavy (non-hydrogen) atoms. The smallest absolute Gasteiger partial charge is 0.354 e. The van der Waals surface area contributed by atoms with Crippen molar-refractivity contribution in [2.45, 2.75) is 25.4 Å². The molecule has 0 N–H and O–H groups in total. The van der Waals surface area contributed by atoms with E-state index in [2.05, 4.69) is 9.88 Å². The van der Waals surface area contributed by atoms with Gasteiger partial charge in [-0.15, -0.1) is 0 Å². The van der Waals surface area contributed by atoms with Gasteiger partial charge in [0.1, 0.15) is 5.82 Å². The number of hydrogen-bond acceptors (Lipinski definition) is 4. The molecule has 2 saturated heterocycles. The van der Waals surface area contributed by atoms with Crippen molar-refractivity contribution >= 4 is 23.3 Å². The van der Waals surface area contributed by atoms with Crippen molar-refractivity contribution in [2.75, 3.05) is 50.7 Å². The van der Waals surface area contributed by atoms with E-state index in [9.17, 15) is 18.0 Å². The fourth-order valence-electron chi connectivity index (χ4n) is 3.42. The first-order valence-electron chi connectivity index (χ1n) is 8.82. The molecule has 0 radical (unpaired) electrons. The summed E-state index contributed by atoms with van der Waals surface area (Å²) in [5.74, 6) is 0.522. The Morgan fingerprint density at radius 2 is 1.81 bits per heavy atom. The van der Waals surface area contributed by atoms with Crippen LogP contribution in [0.3, 0.4) is 0 Å². The molecular weight excluding hydrogens is 369 g/mol. The second-order valence-electron chi connectivity index (χ2n) is 6.73. The average Bonchev–Trinajstić information content (AvgIpc) is 3.02. The Hall–Kier alpha value is -1.54. The highest BCUT2D eigenvalue weighted by molar-refractivity contribution is 6.33. The van der Waals surface area contributed by atoms with Crippen molar-refractivity contribution in [2.24, 2.45) is 0 Å². The van der Waals surface area contributed by atoms with E-state index in [1.165, 1.54) is 0 Å². The SMILES string of the molecule is O=C(CN1CCCN(c2ncc(C(F)(F)F)cc2Cl)CC1)N1CCCC1. The maximum atomic E-state index is 12.8. The Kier molecular flexibility index (Phi) is 5.92. The van der Waals surface area contributed by atoms with Crippen molar-refractivity contribution in [1.82, 2.24) is 14.8 Å². The second kappa shape index (κ2) is 8.00. The molecule has 144 valence electrons. The highest BCUT2D eigenvalue weighted by Gasteiger charge is 2.32. The van der Waals surface area contributed by atoms with Gasteiger partial charge in [0.2, 0.25) is 5.91 Å². The highest BCUT2D eigenvalue weighted by atomic mass is 35.5. The van der Waals surface area contributed by atoms with E-state index < -0.39 is 11.7 Å². The largest absolute Gasteiger partial charge is 0.417 e. The number of carbonyl (C=O) groups is 1. The van der Waals surface area contributed by atoms with E-state index in [-0.39, 0.29) is 10.9 Å². The van der Waals surface area contributed by atoms with E-state index in [1.54, 1.807) is 0 Å². The molecule has 9 heteroatoms. The number of alkyl halides is 3. The van der Waals surface area contributed by atoms with Crippen molar-refractivity contribution in [3.8, 4) is 0 Å². The fourth-order valence-corrected chi connectivity index (χ4v) is 3.70. The third-order valence-corrected chi connectivity index (χ3v) is 5.13. The molecule has 0 bridgehead atoms. The summed E-state index contributed by atoms with van der Waals surface area (Å²) in [6.45, 7) is 4.71. The molecule has 0 saturated carbocycles. The quantitative estimate of drug-likeness (QED) is 0.795. The molecular formula is C17H22ClF3N4O. The van der Waals surface area contributed by atoms with Gasteiger partial charge in [-0.3, -0.25) is 9.69 Å². The highest BCUT2D eigenvalue weighted by Crippen LogP contribution is 2.33. The summed E-state index contributed by atoms with van der Waals surface area (Å²) < 4.78 is 38.3. The lowest BCUT2D eigenvalue weighted by molar-refractivity contribution is -0.137. The van der Waals surface area contributed by atoms with Crippen LogP contribution in [0.15, 0.2) is 12.3 Å². The molecule has 3 rings (SSSR count). The van der Waals surface area contributed by atoms with Gasteiger partial charge in [0.25, 0.3) is 0 Å². The maximum Gasteiger partial charge on any atom is 0.417 e. The second-order valence-corrected chi connectivity index (χ2v) is 7.14. The lowest BCUT2D eigenvalue weighted by Gasteiger charge is -2.25. The van der Waals surface area contributed by atoms with Gasteiger partial charge in [0, 0.05) is 45.5 Å². The minimum Gasteiger partial charge on any atom is -0.354 e. The lowest BCUT2D eigenvalue weighted by Crippen LogP contribution is -2.40. The Morgan fingerprint density at radius 1 is 1.08 bits per heavy atom. The average molecular weight is 391 g/mol. The van der Waals surface area contributed by atoms with Crippen LogP contribution in [0, 0.1) is 0 Å².